The molecule has 1 aliphatic carbocycles. The summed E-state index contributed by atoms with van der Waals surface area (Å²) >= 11 is 0. The number of anilines is 5. The van der Waals surface area contributed by atoms with Crippen LogP contribution in [0.2, 0.25) is 0 Å². The summed E-state index contributed by atoms with van der Waals surface area (Å²) in [5.74, 6) is -6.57. The molecule has 2 aromatic carbocycles. The number of unbranched alkanes of at least 4 members (excludes halogenated alkanes) is 2. The average Bonchev–Trinajstić information content (AvgIpc) is 3.94. The van der Waals surface area contributed by atoms with Gasteiger partial charge in [0.25, 0.3) is 23.6 Å². The maximum absolute atomic E-state index is 15.1. The molecule has 3 N–H and O–H groups in total. The Morgan fingerprint density at radius 2 is 1.70 bits per heavy atom. The van der Waals surface area contributed by atoms with E-state index in [9.17, 15) is 33.6 Å². The van der Waals surface area contributed by atoms with Gasteiger partial charge in [0.2, 0.25) is 23.7 Å². The Bertz CT molecular complexity index is 2540. The highest BCUT2D eigenvalue weighted by Crippen LogP contribution is 2.41. The number of rotatable bonds is 15. The summed E-state index contributed by atoms with van der Waals surface area (Å²) in [6.45, 7) is 1.87. The van der Waals surface area contributed by atoms with Crippen LogP contribution < -0.4 is 35.4 Å². The Hall–Kier alpha value is -6.77. The zero-order chi connectivity index (χ0) is 48.6. The van der Waals surface area contributed by atoms with Gasteiger partial charge in [-0.05, 0) is 75.3 Å². The molecule has 7 amide bonds. The number of ether oxygens (including phenoxy) is 2. The first-order valence-corrected chi connectivity index (χ1v) is 23.7. The molecule has 1 atom stereocenters. The molecular weight excluding hydrogens is 899 g/mol. The molecule has 0 spiro atoms. The number of fused-ring (bicyclic) bond motifs is 2. The summed E-state index contributed by atoms with van der Waals surface area (Å²) in [5, 5.41) is 8.40. The van der Waals surface area contributed by atoms with Gasteiger partial charge in [-0.3, -0.25) is 43.8 Å². The summed E-state index contributed by atoms with van der Waals surface area (Å²) in [6, 6.07) is 8.62. The molecule has 19 nitrogen and oxygen atoms in total. The minimum atomic E-state index is -3.60. The van der Waals surface area contributed by atoms with Crippen LogP contribution in [0.4, 0.5) is 37.6 Å². The van der Waals surface area contributed by atoms with Crippen molar-refractivity contribution in [2.75, 3.05) is 73.5 Å². The van der Waals surface area contributed by atoms with Crippen LogP contribution in [0.1, 0.15) is 108 Å². The molecule has 1 aromatic heterocycles. The van der Waals surface area contributed by atoms with Crippen LogP contribution in [0.25, 0.3) is 0 Å². The van der Waals surface area contributed by atoms with Gasteiger partial charge in [-0.15, -0.1) is 0 Å². The molecule has 4 fully saturated rings. The number of imide groups is 2. The van der Waals surface area contributed by atoms with Crippen LogP contribution in [0.5, 0.6) is 5.75 Å². The van der Waals surface area contributed by atoms with E-state index in [1.165, 1.54) is 25.3 Å². The van der Waals surface area contributed by atoms with Crippen LogP contribution in [-0.4, -0.2) is 145 Å². The maximum atomic E-state index is 15.1. The zero-order valence-electron chi connectivity index (χ0n) is 38.6. The number of methoxy groups -OCH3 is 1. The highest BCUT2D eigenvalue weighted by Gasteiger charge is 2.49. The quantitative estimate of drug-likeness (QED) is 0.144. The van der Waals surface area contributed by atoms with Gasteiger partial charge in [0.05, 0.1) is 48.5 Å². The molecule has 0 radical (unpaired) electrons. The van der Waals surface area contributed by atoms with E-state index >= 15 is 8.78 Å². The highest BCUT2D eigenvalue weighted by molar-refractivity contribution is 6.25. The number of aromatic nitrogens is 2. The fourth-order valence-electron chi connectivity index (χ4n) is 10.2. The van der Waals surface area contributed by atoms with Crippen molar-refractivity contribution >= 4 is 70.2 Å². The fraction of sp³-hybridized carbons (Fsp3) is 0.521. The van der Waals surface area contributed by atoms with Gasteiger partial charge in [0.15, 0.2) is 5.82 Å². The van der Waals surface area contributed by atoms with Gasteiger partial charge < -0.3 is 39.7 Å². The second-order valence-corrected chi connectivity index (χ2v) is 18.6. The predicted molar refractivity (Wildman–Crippen MR) is 247 cm³/mol. The number of alkyl halides is 2. The Kier molecular flexibility index (Phi) is 13.5. The van der Waals surface area contributed by atoms with Crippen molar-refractivity contribution in [3.63, 3.8) is 0 Å². The highest BCUT2D eigenvalue weighted by atomic mass is 19.3. The van der Waals surface area contributed by atoms with Gasteiger partial charge in [-0.1, -0.05) is 25.3 Å². The van der Waals surface area contributed by atoms with Crippen molar-refractivity contribution < 1.29 is 51.8 Å². The Balaban J connectivity index is 0.686. The second kappa shape index (κ2) is 19.7. The van der Waals surface area contributed by atoms with Crippen molar-refractivity contribution in [2.24, 2.45) is 0 Å². The molecule has 366 valence electrons. The third-order valence-corrected chi connectivity index (χ3v) is 14.1. The molecular formula is C48H56F2N10O9. The minimum absolute atomic E-state index is 0.0539. The summed E-state index contributed by atoms with van der Waals surface area (Å²) in [7, 11) is 2.76. The van der Waals surface area contributed by atoms with Crippen molar-refractivity contribution in [1.82, 2.24) is 30.4 Å². The Morgan fingerprint density at radius 3 is 2.43 bits per heavy atom. The fourth-order valence-corrected chi connectivity index (χ4v) is 10.2. The number of hydrogen-bond donors (Lipinski definition) is 3. The molecule has 69 heavy (non-hydrogen) atoms. The number of piperidine rings is 2. The minimum Gasteiger partial charge on any atom is -0.495 e. The number of amides is 7. The lowest BCUT2D eigenvalue weighted by molar-refractivity contribution is -0.140. The normalized spacial score (nSPS) is 21.0. The lowest BCUT2D eigenvalue weighted by atomic mass is 10.0. The number of likely N-dealkylation sites (tertiary alicyclic amines) is 1. The summed E-state index contributed by atoms with van der Waals surface area (Å²) in [4.78, 5) is 106. The van der Waals surface area contributed by atoms with Crippen molar-refractivity contribution in [3.05, 3.63) is 59.3 Å². The molecule has 21 heteroatoms. The maximum Gasteiger partial charge on any atom is 0.342 e. The topological polar surface area (TPSA) is 216 Å². The zero-order valence-corrected chi connectivity index (χ0v) is 38.6. The molecule has 5 aliphatic heterocycles. The number of hydrogen-bond acceptors (Lipinski definition) is 14. The molecule has 9 rings (SSSR count). The van der Waals surface area contributed by atoms with E-state index in [4.69, 9.17) is 9.47 Å². The third kappa shape index (κ3) is 9.65. The number of halogens is 2. The van der Waals surface area contributed by atoms with E-state index in [0.29, 0.717) is 94.0 Å². The van der Waals surface area contributed by atoms with Crippen LogP contribution in [0.3, 0.4) is 0 Å². The summed E-state index contributed by atoms with van der Waals surface area (Å²) in [5.41, 5.74) is 2.13. The van der Waals surface area contributed by atoms with E-state index < -0.39 is 48.0 Å². The van der Waals surface area contributed by atoms with Crippen molar-refractivity contribution in [3.8, 4) is 5.75 Å². The first-order chi connectivity index (χ1) is 33.2. The molecule has 6 aliphatic rings. The molecule has 0 bridgehead atoms. The van der Waals surface area contributed by atoms with E-state index in [0.717, 1.165) is 35.5 Å². The third-order valence-electron chi connectivity index (χ3n) is 14.1. The standard InChI is InChI=1S/C48H56F2N10O9/c1-56-36-24-51-47(55-41(36)59(30-9-5-6-10-30)27-48(49,50)46(56)67)53-33-15-14-28(23-37(33)68-2)42(63)52-29-18-20-57(21-19-29)39(62)13-4-3-7-22-69-31-25-58(26-31)34-12-8-11-32-40(34)45(66)60(44(32)65)35-16-17-38(61)54-43(35)64/h8,11-12,14-15,23-24,29-31,35H,3-7,9-10,13,16-22,25-27H2,1-2H3,(H,52,63)(H,51,53,55)(H,54,61,64). The molecule has 1 unspecified atom stereocenters. The Morgan fingerprint density at radius 1 is 0.928 bits per heavy atom. The smallest absolute Gasteiger partial charge is 0.342 e. The first kappa shape index (κ1) is 47.3. The van der Waals surface area contributed by atoms with Crippen LogP contribution in [0.15, 0.2) is 42.6 Å². The van der Waals surface area contributed by atoms with E-state index in [-0.39, 0.29) is 71.4 Å². The Labute approximate surface area is 397 Å². The number of nitrogens with one attached hydrogen (secondary N) is 3. The van der Waals surface area contributed by atoms with Gasteiger partial charge in [-0.25, -0.2) is 4.98 Å². The SMILES string of the molecule is COc1cc(C(=O)NC2CCN(C(=O)CCCCCOC3CN(c4cccc5c4C(=O)N(C4CCC(=O)NC4=O)C5=O)C3)CC2)ccc1Nc1ncc2c(n1)N(C1CCCC1)CC(F)(F)C(=O)N2C. The van der Waals surface area contributed by atoms with Crippen LogP contribution in [-0.2, 0) is 23.9 Å². The van der Waals surface area contributed by atoms with E-state index in [1.54, 1.807) is 36.4 Å². The number of benzene rings is 2. The van der Waals surface area contributed by atoms with Crippen LogP contribution >= 0.6 is 0 Å². The van der Waals surface area contributed by atoms with E-state index in [1.807, 2.05) is 9.80 Å². The van der Waals surface area contributed by atoms with Gasteiger partial charge in [0, 0.05) is 70.3 Å². The molecule has 1 saturated carbocycles. The first-order valence-electron chi connectivity index (χ1n) is 23.7. The summed E-state index contributed by atoms with van der Waals surface area (Å²) < 4.78 is 41.8. The van der Waals surface area contributed by atoms with E-state index in [2.05, 4.69) is 25.9 Å². The van der Waals surface area contributed by atoms with Gasteiger partial charge in [-0.2, -0.15) is 13.8 Å². The number of carbonyl (C=O) groups excluding carboxylic acids is 7. The number of carbonyl (C=O) groups is 7. The summed E-state index contributed by atoms with van der Waals surface area (Å²) in [6.07, 6.45) is 8.63. The average molecular weight is 955 g/mol. The predicted octanol–water partition coefficient (Wildman–Crippen LogP) is 4.18. The largest absolute Gasteiger partial charge is 0.495 e. The van der Waals surface area contributed by atoms with Gasteiger partial charge >= 0.3 is 5.92 Å². The second-order valence-electron chi connectivity index (χ2n) is 18.6. The molecule has 3 aromatic rings. The number of nitrogens with zero attached hydrogens (tertiary/aromatic N) is 7. The lowest BCUT2D eigenvalue weighted by Gasteiger charge is -2.41. The van der Waals surface area contributed by atoms with Gasteiger partial charge in [0.1, 0.15) is 17.5 Å². The van der Waals surface area contributed by atoms with Crippen LogP contribution in [0, 0.1) is 0 Å². The lowest BCUT2D eigenvalue weighted by Crippen LogP contribution is -2.54. The van der Waals surface area contributed by atoms with Crippen molar-refractivity contribution in [2.45, 2.75) is 107 Å². The molecule has 3 saturated heterocycles. The molecule has 6 heterocycles. The van der Waals surface area contributed by atoms with Crippen molar-refractivity contribution in [1.29, 1.82) is 0 Å². The monoisotopic (exact) mass is 954 g/mol.